The Labute approximate surface area is 138 Å². The average molecular weight is 341 g/mol. The fourth-order valence-corrected chi connectivity index (χ4v) is 2.08. The van der Waals surface area contributed by atoms with Gasteiger partial charge in [-0.3, -0.25) is 0 Å². The first-order valence-corrected chi connectivity index (χ1v) is 7.04. The maximum Gasteiger partial charge on any atom is 0.323 e. The monoisotopic (exact) mass is 340 g/mol. The standard InChI is InChI=1S/C15H14Cl2N2O3/c1-21-13-6-4-10(8-14(13)22-2)19-15(20)18-9-3-5-11(16)12(17)7-9/h3-8H,1-2H3,(H2,18,19,20). The normalized spacial score (nSPS) is 10.0. The van der Waals surface area contributed by atoms with E-state index < -0.39 is 6.03 Å². The summed E-state index contributed by atoms with van der Waals surface area (Å²) in [6.45, 7) is 0. The van der Waals surface area contributed by atoms with E-state index in [1.54, 1.807) is 43.5 Å². The number of halogens is 2. The number of ether oxygens (including phenoxy) is 2. The van der Waals surface area contributed by atoms with Crippen LogP contribution in [0.3, 0.4) is 0 Å². The van der Waals surface area contributed by atoms with Gasteiger partial charge in [-0.2, -0.15) is 0 Å². The quantitative estimate of drug-likeness (QED) is 0.851. The molecule has 0 atom stereocenters. The van der Waals surface area contributed by atoms with Gasteiger partial charge in [-0.1, -0.05) is 23.2 Å². The lowest BCUT2D eigenvalue weighted by atomic mass is 10.2. The number of amides is 2. The van der Waals surface area contributed by atoms with Crippen LogP contribution in [0.5, 0.6) is 11.5 Å². The minimum absolute atomic E-state index is 0.366. The first kappa shape index (κ1) is 16.3. The summed E-state index contributed by atoms with van der Waals surface area (Å²) in [5.74, 6) is 1.10. The van der Waals surface area contributed by atoms with E-state index in [1.165, 1.54) is 7.11 Å². The lowest BCUT2D eigenvalue weighted by Crippen LogP contribution is -2.19. The van der Waals surface area contributed by atoms with E-state index in [-0.39, 0.29) is 0 Å². The van der Waals surface area contributed by atoms with Gasteiger partial charge in [0.05, 0.1) is 24.3 Å². The smallest absolute Gasteiger partial charge is 0.323 e. The summed E-state index contributed by atoms with van der Waals surface area (Å²) < 4.78 is 10.3. The van der Waals surface area contributed by atoms with Gasteiger partial charge in [0, 0.05) is 17.4 Å². The van der Waals surface area contributed by atoms with Crippen molar-refractivity contribution >= 4 is 40.6 Å². The van der Waals surface area contributed by atoms with Gasteiger partial charge in [0.2, 0.25) is 0 Å². The molecular weight excluding hydrogens is 327 g/mol. The SMILES string of the molecule is COc1ccc(NC(=O)Nc2ccc(Cl)c(Cl)c2)cc1OC. The van der Waals surface area contributed by atoms with Gasteiger partial charge in [0.25, 0.3) is 0 Å². The Hall–Kier alpha value is -2.11. The van der Waals surface area contributed by atoms with Crippen LogP contribution in [-0.4, -0.2) is 20.3 Å². The molecule has 7 heteroatoms. The van der Waals surface area contributed by atoms with E-state index in [1.807, 2.05) is 0 Å². The Bertz CT molecular complexity index is 692. The highest BCUT2D eigenvalue weighted by atomic mass is 35.5. The summed E-state index contributed by atoms with van der Waals surface area (Å²) in [5.41, 5.74) is 1.10. The zero-order valence-corrected chi connectivity index (χ0v) is 13.5. The molecule has 5 nitrogen and oxygen atoms in total. The van der Waals surface area contributed by atoms with E-state index in [0.29, 0.717) is 32.9 Å². The van der Waals surface area contributed by atoms with E-state index in [4.69, 9.17) is 32.7 Å². The topological polar surface area (TPSA) is 59.6 Å². The minimum Gasteiger partial charge on any atom is -0.493 e. The van der Waals surface area contributed by atoms with E-state index in [0.717, 1.165) is 0 Å². The van der Waals surface area contributed by atoms with Crippen LogP contribution in [0.1, 0.15) is 0 Å². The molecule has 2 amide bonds. The molecular formula is C15H14Cl2N2O3. The van der Waals surface area contributed by atoms with Gasteiger partial charge in [-0.05, 0) is 30.3 Å². The fourth-order valence-electron chi connectivity index (χ4n) is 1.78. The molecule has 2 aromatic carbocycles. The lowest BCUT2D eigenvalue weighted by molar-refractivity contribution is 0.262. The van der Waals surface area contributed by atoms with Crippen LogP contribution in [0.15, 0.2) is 36.4 Å². The Kier molecular flexibility index (Phi) is 5.35. The highest BCUT2D eigenvalue weighted by molar-refractivity contribution is 6.42. The van der Waals surface area contributed by atoms with E-state index >= 15 is 0 Å². The molecule has 0 aliphatic carbocycles. The summed E-state index contributed by atoms with van der Waals surface area (Å²) in [4.78, 5) is 12.0. The number of nitrogens with one attached hydrogen (secondary N) is 2. The molecule has 0 aliphatic rings. The predicted molar refractivity (Wildman–Crippen MR) is 88.6 cm³/mol. The van der Waals surface area contributed by atoms with E-state index in [2.05, 4.69) is 10.6 Å². The van der Waals surface area contributed by atoms with Crippen molar-refractivity contribution in [3.8, 4) is 11.5 Å². The lowest BCUT2D eigenvalue weighted by Gasteiger charge is -2.11. The van der Waals surface area contributed by atoms with Crippen LogP contribution in [-0.2, 0) is 0 Å². The van der Waals surface area contributed by atoms with Gasteiger partial charge >= 0.3 is 6.03 Å². The number of carbonyl (C=O) groups is 1. The first-order chi connectivity index (χ1) is 10.5. The zero-order valence-electron chi connectivity index (χ0n) is 11.9. The van der Waals surface area contributed by atoms with Crippen LogP contribution in [0.4, 0.5) is 16.2 Å². The van der Waals surface area contributed by atoms with Crippen molar-refractivity contribution in [2.24, 2.45) is 0 Å². The number of urea groups is 1. The third-order valence-corrected chi connectivity index (χ3v) is 3.56. The second-order valence-corrected chi connectivity index (χ2v) is 5.09. The van der Waals surface area contributed by atoms with Gasteiger partial charge in [0.15, 0.2) is 11.5 Å². The molecule has 0 saturated carbocycles. The summed E-state index contributed by atoms with van der Waals surface area (Å²) in [5, 5.41) is 6.14. The first-order valence-electron chi connectivity index (χ1n) is 6.28. The maximum absolute atomic E-state index is 12.0. The third kappa shape index (κ3) is 3.96. The fraction of sp³-hybridized carbons (Fsp3) is 0.133. The predicted octanol–water partition coefficient (Wildman–Crippen LogP) is 4.65. The Balaban J connectivity index is 2.07. The largest absolute Gasteiger partial charge is 0.493 e. The summed E-state index contributed by atoms with van der Waals surface area (Å²) in [7, 11) is 3.07. The van der Waals surface area contributed by atoms with Crippen molar-refractivity contribution in [1.29, 1.82) is 0 Å². The molecule has 0 spiro atoms. The van der Waals surface area contributed by atoms with Crippen LogP contribution >= 0.6 is 23.2 Å². The van der Waals surface area contributed by atoms with Gasteiger partial charge < -0.3 is 20.1 Å². The summed E-state index contributed by atoms with van der Waals surface area (Å²) in [6, 6.07) is 9.48. The van der Waals surface area contributed by atoms with Gasteiger partial charge in [-0.25, -0.2) is 4.79 Å². The van der Waals surface area contributed by atoms with Crippen LogP contribution in [0.25, 0.3) is 0 Å². The summed E-state index contributed by atoms with van der Waals surface area (Å²) >= 11 is 11.7. The Morgan fingerprint density at radius 1 is 0.864 bits per heavy atom. The number of carbonyl (C=O) groups excluding carboxylic acids is 1. The second-order valence-electron chi connectivity index (χ2n) is 4.28. The number of methoxy groups -OCH3 is 2. The van der Waals surface area contributed by atoms with Crippen LogP contribution < -0.4 is 20.1 Å². The van der Waals surface area contributed by atoms with Crippen molar-refractivity contribution in [2.75, 3.05) is 24.9 Å². The molecule has 0 unspecified atom stereocenters. The molecule has 0 aliphatic heterocycles. The van der Waals surface area contributed by atoms with Crippen molar-refractivity contribution < 1.29 is 14.3 Å². The highest BCUT2D eigenvalue weighted by Crippen LogP contribution is 2.30. The van der Waals surface area contributed by atoms with Gasteiger partial charge in [0.1, 0.15) is 0 Å². The molecule has 2 N–H and O–H groups in total. The molecule has 0 aromatic heterocycles. The molecule has 0 radical (unpaired) electrons. The third-order valence-electron chi connectivity index (χ3n) is 2.82. The van der Waals surface area contributed by atoms with Gasteiger partial charge in [-0.15, -0.1) is 0 Å². The van der Waals surface area contributed by atoms with Crippen LogP contribution in [0.2, 0.25) is 10.0 Å². The minimum atomic E-state index is -0.411. The molecule has 0 fully saturated rings. The number of hydrogen-bond donors (Lipinski definition) is 2. The number of rotatable bonds is 4. The molecule has 0 bridgehead atoms. The Morgan fingerprint density at radius 2 is 1.45 bits per heavy atom. The molecule has 116 valence electrons. The van der Waals surface area contributed by atoms with Crippen LogP contribution in [0, 0.1) is 0 Å². The average Bonchev–Trinajstić information content (AvgIpc) is 2.50. The highest BCUT2D eigenvalue weighted by Gasteiger charge is 2.08. The van der Waals surface area contributed by atoms with E-state index in [9.17, 15) is 4.79 Å². The number of anilines is 2. The zero-order chi connectivity index (χ0) is 16.1. The molecule has 0 heterocycles. The molecule has 0 saturated heterocycles. The molecule has 2 aromatic rings. The summed E-state index contributed by atoms with van der Waals surface area (Å²) in [6.07, 6.45) is 0. The molecule has 2 rings (SSSR count). The van der Waals surface area contributed by atoms with Crippen molar-refractivity contribution in [1.82, 2.24) is 0 Å². The maximum atomic E-state index is 12.0. The Morgan fingerprint density at radius 3 is 2.05 bits per heavy atom. The number of benzene rings is 2. The van der Waals surface area contributed by atoms with Crippen molar-refractivity contribution in [2.45, 2.75) is 0 Å². The molecule has 22 heavy (non-hydrogen) atoms. The van der Waals surface area contributed by atoms with Crippen molar-refractivity contribution in [3.63, 3.8) is 0 Å². The second kappa shape index (κ2) is 7.24. The van der Waals surface area contributed by atoms with Crippen molar-refractivity contribution in [3.05, 3.63) is 46.4 Å². The number of hydrogen-bond acceptors (Lipinski definition) is 3.